The molecule has 0 aromatic heterocycles. The second-order valence-electron chi connectivity index (χ2n) is 7.52. The molecular weight excluding hydrogens is 374 g/mol. The molecule has 6 heteroatoms. The molecular formula is C22H26ClN3O2. The molecule has 1 atom stereocenters. The third-order valence-electron chi connectivity index (χ3n) is 5.51. The van der Waals surface area contributed by atoms with Crippen molar-refractivity contribution in [2.75, 3.05) is 19.7 Å². The Bertz CT molecular complexity index is 804. The lowest BCUT2D eigenvalue weighted by atomic mass is 10.0. The van der Waals surface area contributed by atoms with Gasteiger partial charge in [0.1, 0.15) is 5.75 Å². The molecule has 2 N–H and O–H groups in total. The summed E-state index contributed by atoms with van der Waals surface area (Å²) in [6.07, 6.45) is 2.72. The molecule has 2 amide bonds. The second kappa shape index (κ2) is 8.84. The van der Waals surface area contributed by atoms with Crippen molar-refractivity contribution < 1.29 is 9.53 Å². The number of rotatable bonds is 4. The van der Waals surface area contributed by atoms with E-state index in [9.17, 15) is 4.79 Å². The number of halogens is 1. The van der Waals surface area contributed by atoms with Crippen LogP contribution in [0.25, 0.3) is 0 Å². The van der Waals surface area contributed by atoms with Crippen LogP contribution in [0.2, 0.25) is 5.02 Å². The van der Waals surface area contributed by atoms with Crippen molar-refractivity contribution in [3.05, 3.63) is 64.7 Å². The van der Waals surface area contributed by atoms with Crippen LogP contribution in [0.15, 0.2) is 48.5 Å². The van der Waals surface area contributed by atoms with Crippen LogP contribution in [-0.2, 0) is 6.54 Å². The fraction of sp³-hybridized carbons (Fsp3) is 0.409. The number of ether oxygens (including phenoxy) is 1. The molecule has 2 aromatic carbocycles. The topological polar surface area (TPSA) is 53.6 Å². The number of carbonyl (C=O) groups is 1. The lowest BCUT2D eigenvalue weighted by molar-refractivity contribution is 0.183. The highest BCUT2D eigenvalue weighted by atomic mass is 35.5. The van der Waals surface area contributed by atoms with Gasteiger partial charge in [-0.25, -0.2) is 4.79 Å². The third-order valence-corrected chi connectivity index (χ3v) is 5.76. The predicted molar refractivity (Wildman–Crippen MR) is 111 cm³/mol. The van der Waals surface area contributed by atoms with E-state index in [4.69, 9.17) is 16.3 Å². The van der Waals surface area contributed by atoms with Crippen LogP contribution in [0, 0.1) is 0 Å². The molecule has 0 aliphatic carbocycles. The molecule has 0 radical (unpaired) electrons. The quantitative estimate of drug-likeness (QED) is 0.812. The molecule has 0 saturated carbocycles. The summed E-state index contributed by atoms with van der Waals surface area (Å²) >= 11 is 5.95. The summed E-state index contributed by atoms with van der Waals surface area (Å²) in [6.45, 7) is 3.52. The molecule has 5 nitrogen and oxygen atoms in total. The van der Waals surface area contributed by atoms with Crippen LogP contribution in [0.3, 0.4) is 0 Å². The third kappa shape index (κ3) is 4.78. The number of fused-ring (bicyclic) bond motifs is 1. The molecule has 0 spiro atoms. The highest BCUT2D eigenvalue weighted by molar-refractivity contribution is 6.30. The number of nitrogens with zero attached hydrogens (tertiary/aromatic N) is 1. The maximum Gasteiger partial charge on any atom is 0.315 e. The molecule has 1 fully saturated rings. The number of likely N-dealkylation sites (tertiary alicyclic amines) is 1. The monoisotopic (exact) mass is 399 g/mol. The normalized spacial score (nSPS) is 20.1. The van der Waals surface area contributed by atoms with E-state index >= 15 is 0 Å². The summed E-state index contributed by atoms with van der Waals surface area (Å²) in [4.78, 5) is 14.9. The van der Waals surface area contributed by atoms with Gasteiger partial charge in [-0.15, -0.1) is 0 Å². The van der Waals surface area contributed by atoms with E-state index < -0.39 is 0 Å². The number of hydrogen-bond donors (Lipinski definition) is 2. The second-order valence-corrected chi connectivity index (χ2v) is 7.96. The number of amides is 2. The van der Waals surface area contributed by atoms with Crippen molar-refractivity contribution in [3.63, 3.8) is 0 Å². The Balaban J connectivity index is 1.24. The zero-order chi connectivity index (χ0) is 19.3. The highest BCUT2D eigenvalue weighted by Crippen LogP contribution is 2.31. The van der Waals surface area contributed by atoms with Crippen molar-refractivity contribution in [1.82, 2.24) is 15.5 Å². The number of hydrogen-bond acceptors (Lipinski definition) is 3. The first-order chi connectivity index (χ1) is 13.7. The van der Waals surface area contributed by atoms with Crippen molar-refractivity contribution in [3.8, 4) is 5.75 Å². The maximum atomic E-state index is 12.5. The summed E-state index contributed by atoms with van der Waals surface area (Å²) in [6, 6.07) is 16.1. The summed E-state index contributed by atoms with van der Waals surface area (Å²) in [5.74, 6) is 0.870. The average Bonchev–Trinajstić information content (AvgIpc) is 2.71. The largest absolute Gasteiger partial charge is 0.493 e. The minimum absolute atomic E-state index is 0.00921. The molecule has 0 unspecified atom stereocenters. The van der Waals surface area contributed by atoms with Gasteiger partial charge < -0.3 is 15.4 Å². The van der Waals surface area contributed by atoms with E-state index in [2.05, 4.69) is 27.7 Å². The standard InChI is InChI=1S/C22H26ClN3O2/c23-17-7-5-16(6-8-17)15-26-12-9-18(10-13-26)24-22(27)25-20-11-14-28-21-4-2-1-3-19(20)21/h1-8,18,20H,9-15H2,(H2,24,25,27)/t20-/m1/s1. The SMILES string of the molecule is O=C(NC1CCN(Cc2ccc(Cl)cc2)CC1)N[C@@H]1CCOc2ccccc21. The van der Waals surface area contributed by atoms with Crippen molar-refractivity contribution in [2.24, 2.45) is 0 Å². The number of para-hydroxylation sites is 1. The Hall–Kier alpha value is -2.24. The van der Waals surface area contributed by atoms with Crippen molar-refractivity contribution in [2.45, 2.75) is 37.9 Å². The molecule has 0 bridgehead atoms. The van der Waals surface area contributed by atoms with Crippen LogP contribution in [0.5, 0.6) is 5.75 Å². The van der Waals surface area contributed by atoms with Crippen molar-refractivity contribution >= 4 is 17.6 Å². The van der Waals surface area contributed by atoms with E-state index in [1.165, 1.54) is 5.56 Å². The molecule has 28 heavy (non-hydrogen) atoms. The Morgan fingerprint density at radius 1 is 1.04 bits per heavy atom. The van der Waals surface area contributed by atoms with Gasteiger partial charge in [0.25, 0.3) is 0 Å². The summed E-state index contributed by atoms with van der Waals surface area (Å²) < 4.78 is 5.67. The zero-order valence-electron chi connectivity index (χ0n) is 15.9. The van der Waals surface area contributed by atoms with E-state index in [1.54, 1.807) is 0 Å². The van der Waals surface area contributed by atoms with Gasteiger partial charge >= 0.3 is 6.03 Å². The van der Waals surface area contributed by atoms with E-state index in [0.717, 1.165) is 55.2 Å². The van der Waals surface area contributed by atoms with Gasteiger partial charge in [-0.1, -0.05) is 41.9 Å². The van der Waals surface area contributed by atoms with Crippen LogP contribution < -0.4 is 15.4 Å². The zero-order valence-corrected chi connectivity index (χ0v) is 16.6. The number of piperidine rings is 1. The predicted octanol–water partition coefficient (Wildman–Crippen LogP) is 4.13. The van der Waals surface area contributed by atoms with Gasteiger partial charge in [-0.2, -0.15) is 0 Å². The first kappa shape index (κ1) is 19.1. The Labute approximate surface area is 171 Å². The Kier molecular flexibility index (Phi) is 6.03. The fourth-order valence-corrected chi connectivity index (χ4v) is 4.09. The molecule has 2 aliphatic heterocycles. The number of carbonyl (C=O) groups excluding carboxylic acids is 1. The molecule has 1 saturated heterocycles. The average molecular weight is 400 g/mol. The number of benzene rings is 2. The van der Waals surface area contributed by atoms with Gasteiger partial charge in [0.15, 0.2) is 0 Å². The van der Waals surface area contributed by atoms with Crippen LogP contribution in [0.4, 0.5) is 4.79 Å². The smallest absolute Gasteiger partial charge is 0.315 e. The lowest BCUT2D eigenvalue weighted by Crippen LogP contribution is -2.48. The summed E-state index contributed by atoms with van der Waals surface area (Å²) in [5, 5.41) is 7.04. The Morgan fingerprint density at radius 2 is 1.79 bits per heavy atom. The Morgan fingerprint density at radius 3 is 2.57 bits per heavy atom. The van der Waals surface area contributed by atoms with Gasteiger partial charge in [-0.3, -0.25) is 4.90 Å². The van der Waals surface area contributed by atoms with Gasteiger partial charge in [0.2, 0.25) is 0 Å². The molecule has 2 aromatic rings. The lowest BCUT2D eigenvalue weighted by Gasteiger charge is -2.33. The van der Waals surface area contributed by atoms with E-state index in [0.29, 0.717) is 6.61 Å². The molecule has 2 aliphatic rings. The van der Waals surface area contributed by atoms with E-state index in [1.807, 2.05) is 36.4 Å². The molecule has 4 rings (SSSR count). The minimum Gasteiger partial charge on any atom is -0.493 e. The first-order valence-corrected chi connectivity index (χ1v) is 10.3. The first-order valence-electron chi connectivity index (χ1n) is 9.93. The molecule has 2 heterocycles. The number of nitrogens with one attached hydrogen (secondary N) is 2. The van der Waals surface area contributed by atoms with Crippen LogP contribution >= 0.6 is 11.6 Å². The maximum absolute atomic E-state index is 12.5. The van der Waals surface area contributed by atoms with Gasteiger partial charge in [0.05, 0.1) is 12.6 Å². The summed E-state index contributed by atoms with van der Waals surface area (Å²) in [7, 11) is 0. The minimum atomic E-state index is -0.0853. The fourth-order valence-electron chi connectivity index (χ4n) is 3.96. The van der Waals surface area contributed by atoms with Gasteiger partial charge in [-0.05, 0) is 36.6 Å². The van der Waals surface area contributed by atoms with E-state index in [-0.39, 0.29) is 18.1 Å². The van der Waals surface area contributed by atoms with Crippen LogP contribution in [-0.4, -0.2) is 36.7 Å². The summed E-state index contributed by atoms with van der Waals surface area (Å²) in [5.41, 5.74) is 2.33. The van der Waals surface area contributed by atoms with Crippen molar-refractivity contribution in [1.29, 1.82) is 0 Å². The van der Waals surface area contributed by atoms with Gasteiger partial charge in [0, 0.05) is 42.7 Å². The van der Waals surface area contributed by atoms with Crippen LogP contribution in [0.1, 0.15) is 36.4 Å². The highest BCUT2D eigenvalue weighted by Gasteiger charge is 2.25. The number of urea groups is 1. The molecule has 148 valence electrons.